The highest BCUT2D eigenvalue weighted by molar-refractivity contribution is 5.76. The Kier molecular flexibility index (Phi) is 15.6. The summed E-state index contributed by atoms with van der Waals surface area (Å²) < 4.78 is 11.0. The predicted octanol–water partition coefficient (Wildman–Crippen LogP) is 2.66. The summed E-state index contributed by atoms with van der Waals surface area (Å²) in [6.07, 6.45) is 4.92. The Balaban J connectivity index is 3.19. The van der Waals surface area contributed by atoms with Gasteiger partial charge in [-0.25, -0.2) is 0 Å². The number of carbonyl (C=O) groups is 2. The van der Waals surface area contributed by atoms with Crippen LogP contribution in [0.5, 0.6) is 0 Å². The molecule has 2 amide bonds. The maximum absolute atomic E-state index is 11.4. The Hall–Kier alpha value is -1.14. The molecule has 0 bridgehead atoms. The molecule has 0 atom stereocenters. The van der Waals surface area contributed by atoms with E-state index in [2.05, 4.69) is 10.6 Å². The van der Waals surface area contributed by atoms with Crippen LogP contribution in [0.25, 0.3) is 0 Å². The zero-order valence-electron chi connectivity index (χ0n) is 16.6. The summed E-state index contributed by atoms with van der Waals surface area (Å²) in [6.45, 7) is 11.2. The summed E-state index contributed by atoms with van der Waals surface area (Å²) in [6, 6.07) is 0.178. The lowest BCUT2D eigenvalue weighted by molar-refractivity contribution is -0.123. The van der Waals surface area contributed by atoms with Gasteiger partial charge in [0.15, 0.2) is 0 Å². The van der Waals surface area contributed by atoms with Crippen molar-refractivity contribution in [1.82, 2.24) is 10.6 Å². The fourth-order valence-electron chi connectivity index (χ4n) is 2.20. The van der Waals surface area contributed by atoms with Gasteiger partial charge < -0.3 is 20.1 Å². The van der Waals surface area contributed by atoms with Crippen LogP contribution in [0.1, 0.15) is 66.2 Å². The second-order valence-corrected chi connectivity index (χ2v) is 7.06. The Morgan fingerprint density at radius 2 is 1.44 bits per heavy atom. The molecule has 6 heteroatoms. The largest absolute Gasteiger partial charge is 0.381 e. The standard InChI is InChI=1S/C19H38N2O4/c1-16(2)15-19(23)20-10-6-5-7-11-24-12-8-13-25-14-9-18(22)21-17(3)4/h16-17H,5-15H2,1-4H3,(H,20,23)(H,21,22). The van der Waals surface area contributed by atoms with Crippen LogP contribution in [-0.4, -0.2) is 50.8 Å². The van der Waals surface area contributed by atoms with Gasteiger partial charge in [0.25, 0.3) is 0 Å². The molecule has 2 N–H and O–H groups in total. The summed E-state index contributed by atoms with van der Waals surface area (Å²) in [4.78, 5) is 22.8. The minimum absolute atomic E-state index is 0.0339. The molecule has 0 aliphatic carbocycles. The topological polar surface area (TPSA) is 76.7 Å². The molecule has 6 nitrogen and oxygen atoms in total. The van der Waals surface area contributed by atoms with Gasteiger partial charge in [0.1, 0.15) is 0 Å². The molecule has 0 aromatic carbocycles. The van der Waals surface area contributed by atoms with Crippen molar-refractivity contribution in [2.45, 2.75) is 72.3 Å². The smallest absolute Gasteiger partial charge is 0.222 e. The van der Waals surface area contributed by atoms with Crippen molar-refractivity contribution in [3.05, 3.63) is 0 Å². The molecular weight excluding hydrogens is 320 g/mol. The fraction of sp³-hybridized carbons (Fsp3) is 0.895. The van der Waals surface area contributed by atoms with Crippen LogP contribution in [0.2, 0.25) is 0 Å². The van der Waals surface area contributed by atoms with E-state index in [4.69, 9.17) is 9.47 Å². The fourth-order valence-corrected chi connectivity index (χ4v) is 2.20. The maximum atomic E-state index is 11.4. The molecule has 0 rings (SSSR count). The molecule has 0 aromatic heterocycles. The first-order valence-electron chi connectivity index (χ1n) is 9.63. The molecule has 25 heavy (non-hydrogen) atoms. The van der Waals surface area contributed by atoms with Crippen molar-refractivity contribution >= 4 is 11.8 Å². The highest BCUT2D eigenvalue weighted by Crippen LogP contribution is 1.99. The molecule has 0 radical (unpaired) electrons. The first-order chi connectivity index (χ1) is 11.9. The number of hydrogen-bond acceptors (Lipinski definition) is 4. The summed E-state index contributed by atoms with van der Waals surface area (Å²) in [5, 5.41) is 5.77. The lowest BCUT2D eigenvalue weighted by Crippen LogP contribution is -2.30. The summed E-state index contributed by atoms with van der Waals surface area (Å²) in [5.74, 6) is 0.592. The highest BCUT2D eigenvalue weighted by atomic mass is 16.5. The van der Waals surface area contributed by atoms with Gasteiger partial charge in [0, 0.05) is 45.2 Å². The molecule has 0 aliphatic heterocycles. The van der Waals surface area contributed by atoms with Crippen molar-refractivity contribution in [2.75, 3.05) is 33.0 Å². The molecule has 0 saturated carbocycles. The van der Waals surface area contributed by atoms with Gasteiger partial charge in [-0.1, -0.05) is 13.8 Å². The third kappa shape index (κ3) is 19.0. The molecule has 0 unspecified atom stereocenters. The van der Waals surface area contributed by atoms with E-state index in [0.29, 0.717) is 38.6 Å². The van der Waals surface area contributed by atoms with E-state index in [1.807, 2.05) is 27.7 Å². The van der Waals surface area contributed by atoms with Crippen LogP contribution >= 0.6 is 0 Å². The van der Waals surface area contributed by atoms with Crippen molar-refractivity contribution in [3.8, 4) is 0 Å². The van der Waals surface area contributed by atoms with E-state index >= 15 is 0 Å². The second-order valence-electron chi connectivity index (χ2n) is 7.06. The van der Waals surface area contributed by atoms with Crippen LogP contribution in [0.4, 0.5) is 0 Å². The number of hydrogen-bond donors (Lipinski definition) is 2. The second kappa shape index (κ2) is 16.3. The van der Waals surface area contributed by atoms with Gasteiger partial charge >= 0.3 is 0 Å². The zero-order valence-corrected chi connectivity index (χ0v) is 16.6. The first-order valence-corrected chi connectivity index (χ1v) is 9.63. The number of unbranched alkanes of at least 4 members (excludes halogenated alkanes) is 2. The van der Waals surface area contributed by atoms with Gasteiger partial charge in [-0.2, -0.15) is 0 Å². The van der Waals surface area contributed by atoms with E-state index in [0.717, 1.165) is 38.8 Å². The average Bonchev–Trinajstić information content (AvgIpc) is 2.50. The van der Waals surface area contributed by atoms with Crippen LogP contribution in [0.15, 0.2) is 0 Å². The number of nitrogens with one attached hydrogen (secondary N) is 2. The Labute approximate surface area is 153 Å². The van der Waals surface area contributed by atoms with E-state index in [-0.39, 0.29) is 17.9 Å². The van der Waals surface area contributed by atoms with Gasteiger partial charge in [-0.15, -0.1) is 0 Å². The normalized spacial score (nSPS) is 11.1. The third-order valence-corrected chi connectivity index (χ3v) is 3.38. The van der Waals surface area contributed by atoms with Crippen molar-refractivity contribution in [1.29, 1.82) is 0 Å². The van der Waals surface area contributed by atoms with Crippen LogP contribution < -0.4 is 10.6 Å². The van der Waals surface area contributed by atoms with Gasteiger partial charge in [-0.3, -0.25) is 9.59 Å². The lowest BCUT2D eigenvalue weighted by atomic mass is 10.1. The number of rotatable bonds is 16. The van der Waals surface area contributed by atoms with Crippen LogP contribution in [-0.2, 0) is 19.1 Å². The quantitative estimate of drug-likeness (QED) is 0.416. The van der Waals surface area contributed by atoms with Crippen LogP contribution in [0.3, 0.4) is 0 Å². The summed E-state index contributed by atoms with van der Waals surface area (Å²) in [5.41, 5.74) is 0. The molecule has 0 spiro atoms. The summed E-state index contributed by atoms with van der Waals surface area (Å²) >= 11 is 0. The molecule has 0 fully saturated rings. The highest BCUT2D eigenvalue weighted by Gasteiger charge is 2.03. The van der Waals surface area contributed by atoms with Crippen LogP contribution in [0, 0.1) is 5.92 Å². The van der Waals surface area contributed by atoms with E-state index in [1.54, 1.807) is 0 Å². The summed E-state index contributed by atoms with van der Waals surface area (Å²) in [7, 11) is 0. The van der Waals surface area contributed by atoms with Gasteiger partial charge in [0.2, 0.25) is 11.8 Å². The Bertz CT molecular complexity index is 314. The molecular formula is C19H38N2O4. The van der Waals surface area contributed by atoms with Crippen molar-refractivity contribution in [2.24, 2.45) is 5.92 Å². The number of ether oxygens (including phenoxy) is 2. The minimum Gasteiger partial charge on any atom is -0.381 e. The molecule has 0 aromatic rings. The number of amides is 2. The molecule has 0 saturated heterocycles. The third-order valence-electron chi connectivity index (χ3n) is 3.38. The van der Waals surface area contributed by atoms with Gasteiger partial charge in [-0.05, 0) is 45.4 Å². The minimum atomic E-state index is 0.0339. The maximum Gasteiger partial charge on any atom is 0.222 e. The van der Waals surface area contributed by atoms with E-state index < -0.39 is 0 Å². The monoisotopic (exact) mass is 358 g/mol. The van der Waals surface area contributed by atoms with E-state index in [1.165, 1.54) is 0 Å². The molecule has 0 heterocycles. The average molecular weight is 359 g/mol. The molecule has 148 valence electrons. The van der Waals surface area contributed by atoms with E-state index in [9.17, 15) is 9.59 Å². The van der Waals surface area contributed by atoms with Crippen molar-refractivity contribution in [3.63, 3.8) is 0 Å². The Morgan fingerprint density at radius 1 is 0.800 bits per heavy atom. The Morgan fingerprint density at radius 3 is 2.08 bits per heavy atom. The SMILES string of the molecule is CC(C)CC(=O)NCCCCCOCCCOCCC(=O)NC(C)C. The first kappa shape index (κ1) is 23.9. The number of carbonyl (C=O) groups excluding carboxylic acids is 2. The van der Waals surface area contributed by atoms with Gasteiger partial charge in [0.05, 0.1) is 6.61 Å². The zero-order chi connectivity index (χ0) is 18.9. The molecule has 0 aliphatic rings. The predicted molar refractivity (Wildman–Crippen MR) is 100 cm³/mol. The van der Waals surface area contributed by atoms with Crippen molar-refractivity contribution < 1.29 is 19.1 Å². The lowest BCUT2D eigenvalue weighted by Gasteiger charge is -2.09.